The molecule has 3 N–H and O–H groups in total. The van der Waals surface area contributed by atoms with Crippen LogP contribution in [-0.4, -0.2) is 58.4 Å². The van der Waals surface area contributed by atoms with Crippen LogP contribution in [0.15, 0.2) is 23.8 Å². The molecule has 3 aliphatic heterocycles. The Balaban J connectivity index is 0.000000224. The van der Waals surface area contributed by atoms with Gasteiger partial charge in [-0.15, -0.1) is 0 Å². The first-order valence-corrected chi connectivity index (χ1v) is 8.02. The molecule has 132 valence electrons. The van der Waals surface area contributed by atoms with Crippen LogP contribution in [0.5, 0.6) is 0 Å². The maximum atomic E-state index is 12.2. The third-order valence-electron chi connectivity index (χ3n) is 4.09. The van der Waals surface area contributed by atoms with Gasteiger partial charge in [-0.25, -0.2) is 14.7 Å². The van der Waals surface area contributed by atoms with Crippen molar-refractivity contribution in [1.82, 2.24) is 10.4 Å². The number of nitrogens with zero attached hydrogens (tertiary/aromatic N) is 1. The predicted octanol–water partition coefficient (Wildman–Crippen LogP) is 0.703. The monoisotopic (exact) mass is 338 g/mol. The zero-order chi connectivity index (χ0) is 17.5. The van der Waals surface area contributed by atoms with Crippen molar-refractivity contribution in [2.24, 2.45) is 0 Å². The summed E-state index contributed by atoms with van der Waals surface area (Å²) >= 11 is 0. The molecular formula is C16H22N2O6. The normalized spacial score (nSPS) is 25.7. The van der Waals surface area contributed by atoms with E-state index in [-0.39, 0.29) is 11.9 Å². The molecule has 0 spiro atoms. The highest BCUT2D eigenvalue weighted by molar-refractivity contribution is 5.94. The molecule has 2 fully saturated rings. The van der Waals surface area contributed by atoms with Gasteiger partial charge >= 0.3 is 11.9 Å². The number of carbonyl (C=O) groups is 3. The smallest absolute Gasteiger partial charge is 0.328 e. The molecular weight excluding hydrogens is 316 g/mol. The molecule has 0 aromatic carbocycles. The van der Waals surface area contributed by atoms with Gasteiger partial charge in [0.15, 0.2) is 0 Å². The molecule has 0 saturated carbocycles. The van der Waals surface area contributed by atoms with Crippen molar-refractivity contribution in [3.05, 3.63) is 23.8 Å². The molecule has 2 bridgehead atoms. The summed E-state index contributed by atoms with van der Waals surface area (Å²) in [6.45, 7) is 1.42. The van der Waals surface area contributed by atoms with E-state index in [1.54, 1.807) is 0 Å². The minimum absolute atomic E-state index is 0.0811. The number of carbonyl (C=O) groups excluding carboxylic acids is 1. The SMILES string of the molecule is O=C(C1=CCCC2CC[C@H]1N2)N1CCCO1.O=C(O)/C=C/C(=O)O. The first kappa shape index (κ1) is 18.2. The highest BCUT2D eigenvalue weighted by Gasteiger charge is 2.34. The van der Waals surface area contributed by atoms with Crippen LogP contribution in [0.1, 0.15) is 32.1 Å². The molecule has 1 unspecified atom stereocenters. The number of nitrogens with one attached hydrogen (secondary N) is 1. The van der Waals surface area contributed by atoms with Crippen molar-refractivity contribution in [3.8, 4) is 0 Å². The number of aliphatic carboxylic acids is 2. The van der Waals surface area contributed by atoms with E-state index >= 15 is 0 Å². The van der Waals surface area contributed by atoms with Crippen LogP contribution in [0.25, 0.3) is 0 Å². The summed E-state index contributed by atoms with van der Waals surface area (Å²) in [5, 5.41) is 20.7. The maximum absolute atomic E-state index is 12.2. The van der Waals surface area contributed by atoms with Crippen LogP contribution >= 0.6 is 0 Å². The summed E-state index contributed by atoms with van der Waals surface area (Å²) in [4.78, 5) is 36.7. The Hall–Kier alpha value is -2.19. The molecule has 2 atom stereocenters. The van der Waals surface area contributed by atoms with E-state index in [0.29, 0.717) is 24.8 Å². The maximum Gasteiger partial charge on any atom is 0.328 e. The van der Waals surface area contributed by atoms with Gasteiger partial charge in [-0.05, 0) is 32.1 Å². The molecule has 1 amide bonds. The second-order valence-electron chi connectivity index (χ2n) is 5.83. The van der Waals surface area contributed by atoms with Crippen LogP contribution in [-0.2, 0) is 19.2 Å². The number of amides is 1. The van der Waals surface area contributed by atoms with Crippen molar-refractivity contribution < 1.29 is 29.4 Å². The van der Waals surface area contributed by atoms with E-state index in [2.05, 4.69) is 11.4 Å². The van der Waals surface area contributed by atoms with E-state index < -0.39 is 11.9 Å². The summed E-state index contributed by atoms with van der Waals surface area (Å²) in [5.74, 6) is -2.43. The van der Waals surface area contributed by atoms with Gasteiger partial charge < -0.3 is 15.5 Å². The fourth-order valence-electron chi connectivity index (χ4n) is 3.00. The Morgan fingerprint density at radius 2 is 1.88 bits per heavy atom. The third-order valence-corrected chi connectivity index (χ3v) is 4.09. The summed E-state index contributed by atoms with van der Waals surface area (Å²) in [6, 6.07) is 0.884. The summed E-state index contributed by atoms with van der Waals surface area (Å²) in [7, 11) is 0. The molecule has 3 heterocycles. The Bertz CT molecular complexity index is 535. The van der Waals surface area contributed by atoms with Crippen molar-refractivity contribution in [2.75, 3.05) is 13.2 Å². The van der Waals surface area contributed by atoms with Gasteiger partial charge in [0.05, 0.1) is 13.2 Å². The molecule has 0 aromatic rings. The van der Waals surface area contributed by atoms with Crippen LogP contribution in [0.2, 0.25) is 0 Å². The Labute approximate surface area is 139 Å². The third kappa shape index (κ3) is 5.17. The van der Waals surface area contributed by atoms with E-state index in [1.807, 2.05) is 0 Å². The zero-order valence-electron chi connectivity index (χ0n) is 13.3. The van der Waals surface area contributed by atoms with Crippen LogP contribution < -0.4 is 5.32 Å². The topological polar surface area (TPSA) is 116 Å². The average Bonchev–Trinajstić information content (AvgIpc) is 3.15. The van der Waals surface area contributed by atoms with Crippen LogP contribution in [0.3, 0.4) is 0 Å². The molecule has 3 rings (SSSR count). The fraction of sp³-hybridized carbons (Fsp3) is 0.562. The first-order valence-electron chi connectivity index (χ1n) is 8.02. The standard InChI is InChI=1S/C12H18N2O2.C4H4O4/c15-12(14-7-2-8-16-14)10-4-1-3-9-5-6-11(10)13-9;5-3(6)1-2-4(7)8/h4,9,11,13H,1-3,5-8H2;1-2H,(H,5,6)(H,7,8)/b;2-1+/t9?,11-;/m1./s1. The Morgan fingerprint density at radius 3 is 2.46 bits per heavy atom. The second-order valence-corrected chi connectivity index (χ2v) is 5.83. The van der Waals surface area contributed by atoms with Gasteiger partial charge in [0.25, 0.3) is 5.91 Å². The number of hydrogen-bond donors (Lipinski definition) is 3. The van der Waals surface area contributed by atoms with E-state index in [4.69, 9.17) is 15.1 Å². The van der Waals surface area contributed by atoms with Gasteiger partial charge in [0.2, 0.25) is 0 Å². The molecule has 2 saturated heterocycles. The predicted molar refractivity (Wildman–Crippen MR) is 84.0 cm³/mol. The summed E-state index contributed by atoms with van der Waals surface area (Å²) in [6.07, 6.45) is 8.66. The van der Waals surface area contributed by atoms with Crippen LogP contribution in [0, 0.1) is 0 Å². The lowest BCUT2D eigenvalue weighted by Crippen LogP contribution is -2.37. The van der Waals surface area contributed by atoms with Crippen molar-refractivity contribution in [3.63, 3.8) is 0 Å². The summed E-state index contributed by atoms with van der Waals surface area (Å²) < 4.78 is 0. The molecule has 24 heavy (non-hydrogen) atoms. The number of carboxylic acid groups (broad SMARTS) is 2. The number of rotatable bonds is 3. The molecule has 0 radical (unpaired) electrons. The number of hydroxylamine groups is 2. The lowest BCUT2D eigenvalue weighted by molar-refractivity contribution is -0.164. The number of carboxylic acids is 2. The quantitative estimate of drug-likeness (QED) is 0.649. The van der Waals surface area contributed by atoms with Gasteiger partial charge in [0, 0.05) is 29.8 Å². The van der Waals surface area contributed by atoms with Crippen molar-refractivity contribution >= 4 is 17.8 Å². The number of fused-ring (bicyclic) bond motifs is 2. The van der Waals surface area contributed by atoms with Gasteiger partial charge in [-0.2, -0.15) is 0 Å². The minimum Gasteiger partial charge on any atom is -0.478 e. The summed E-state index contributed by atoms with van der Waals surface area (Å²) in [5.41, 5.74) is 0.932. The van der Waals surface area contributed by atoms with E-state index in [1.165, 1.54) is 11.5 Å². The zero-order valence-corrected chi connectivity index (χ0v) is 13.3. The van der Waals surface area contributed by atoms with Gasteiger partial charge in [-0.1, -0.05) is 6.08 Å². The van der Waals surface area contributed by atoms with Gasteiger partial charge in [0.1, 0.15) is 0 Å². The lowest BCUT2D eigenvalue weighted by Gasteiger charge is -2.19. The molecule has 8 nitrogen and oxygen atoms in total. The molecule has 3 aliphatic rings. The Morgan fingerprint density at radius 1 is 1.17 bits per heavy atom. The lowest BCUT2D eigenvalue weighted by atomic mass is 9.99. The average molecular weight is 338 g/mol. The van der Waals surface area contributed by atoms with E-state index in [9.17, 15) is 14.4 Å². The number of hydrogen-bond acceptors (Lipinski definition) is 5. The number of allylic oxidation sites excluding steroid dienone is 1. The molecule has 0 aliphatic carbocycles. The highest BCUT2D eigenvalue weighted by atomic mass is 16.7. The van der Waals surface area contributed by atoms with Crippen molar-refractivity contribution in [2.45, 2.75) is 44.2 Å². The highest BCUT2D eigenvalue weighted by Crippen LogP contribution is 2.27. The van der Waals surface area contributed by atoms with Gasteiger partial charge in [-0.3, -0.25) is 9.63 Å². The largest absolute Gasteiger partial charge is 0.478 e. The molecule has 8 heteroatoms. The Kier molecular flexibility index (Phi) is 6.51. The fourth-order valence-corrected chi connectivity index (χ4v) is 3.00. The van der Waals surface area contributed by atoms with Crippen molar-refractivity contribution in [1.29, 1.82) is 0 Å². The molecule has 0 aromatic heterocycles. The first-order chi connectivity index (χ1) is 11.5. The minimum atomic E-state index is -1.26. The van der Waals surface area contributed by atoms with E-state index in [0.717, 1.165) is 37.8 Å². The second kappa shape index (κ2) is 8.60. The van der Waals surface area contributed by atoms with Crippen LogP contribution in [0.4, 0.5) is 0 Å².